The lowest BCUT2D eigenvalue weighted by Crippen LogP contribution is -2.22. The van der Waals surface area contributed by atoms with Gasteiger partial charge in [0.1, 0.15) is 19.5 Å². The highest BCUT2D eigenvalue weighted by atomic mass is 35.5. The van der Waals surface area contributed by atoms with Gasteiger partial charge in [0.2, 0.25) is 5.76 Å². The van der Waals surface area contributed by atoms with Crippen LogP contribution in [0.2, 0.25) is 5.02 Å². The molecule has 8 heteroatoms. The van der Waals surface area contributed by atoms with Crippen molar-refractivity contribution in [2.24, 2.45) is 4.99 Å². The largest absolute Gasteiger partial charge is 0.494 e. The van der Waals surface area contributed by atoms with Gasteiger partial charge in [-0.2, -0.15) is 4.99 Å². The quantitative estimate of drug-likeness (QED) is 0.746. The minimum atomic E-state index is -0.458. The molecule has 0 N–H and O–H groups in total. The third-order valence-corrected chi connectivity index (χ3v) is 5.20. The minimum Gasteiger partial charge on any atom is -0.494 e. The number of halogens is 1. The number of rotatable bonds is 5. The van der Waals surface area contributed by atoms with E-state index in [0.717, 1.165) is 15.8 Å². The van der Waals surface area contributed by atoms with Crippen LogP contribution in [0.5, 0.6) is 0 Å². The Bertz CT molecular complexity index is 885. The van der Waals surface area contributed by atoms with E-state index in [4.69, 9.17) is 25.8 Å². The van der Waals surface area contributed by atoms with E-state index in [0.29, 0.717) is 42.8 Å². The van der Waals surface area contributed by atoms with Gasteiger partial charge in [0, 0.05) is 18.2 Å². The van der Waals surface area contributed by atoms with E-state index < -0.39 is 5.91 Å². The van der Waals surface area contributed by atoms with Gasteiger partial charge in [-0.25, -0.2) is 0 Å². The molecule has 0 bridgehead atoms. The van der Waals surface area contributed by atoms with Crippen molar-refractivity contribution < 1.29 is 19.0 Å². The van der Waals surface area contributed by atoms with Crippen LogP contribution in [-0.2, 0) is 25.5 Å². The molecule has 0 unspecified atom stereocenters. The summed E-state index contributed by atoms with van der Waals surface area (Å²) in [5.74, 6) is -0.338. The Labute approximate surface area is 154 Å². The lowest BCUT2D eigenvalue weighted by molar-refractivity contribution is -0.119. The normalized spacial score (nSPS) is 15.0. The zero-order chi connectivity index (χ0) is 17.8. The molecule has 25 heavy (non-hydrogen) atoms. The van der Waals surface area contributed by atoms with Crippen LogP contribution >= 0.6 is 22.9 Å². The molecular weight excluding hydrogens is 364 g/mol. The number of amides is 1. The number of benzene rings is 1. The predicted octanol–water partition coefficient (Wildman–Crippen LogP) is 3.02. The van der Waals surface area contributed by atoms with Crippen molar-refractivity contribution in [2.45, 2.75) is 20.4 Å². The fraction of sp³-hybridized carbons (Fsp3) is 0.412. The topological polar surface area (TPSA) is 62.1 Å². The van der Waals surface area contributed by atoms with Crippen LogP contribution in [0.1, 0.15) is 12.5 Å². The van der Waals surface area contributed by atoms with Crippen LogP contribution < -0.4 is 4.80 Å². The highest BCUT2D eigenvalue weighted by molar-refractivity contribution is 7.16. The summed E-state index contributed by atoms with van der Waals surface area (Å²) in [4.78, 5) is 17.2. The molecule has 1 aromatic carbocycles. The average Bonchev–Trinajstić information content (AvgIpc) is 2.97. The molecular formula is C17H19ClN2O4S. The van der Waals surface area contributed by atoms with Gasteiger partial charge in [0.25, 0.3) is 0 Å². The zero-order valence-electron chi connectivity index (χ0n) is 14.1. The smallest absolute Gasteiger partial charge is 0.317 e. The maximum atomic E-state index is 12.4. The summed E-state index contributed by atoms with van der Waals surface area (Å²) in [5.41, 5.74) is 1.93. The molecule has 1 aliphatic rings. The van der Waals surface area contributed by atoms with Gasteiger partial charge in [0.15, 0.2) is 4.80 Å². The van der Waals surface area contributed by atoms with Crippen molar-refractivity contribution in [1.82, 2.24) is 4.57 Å². The van der Waals surface area contributed by atoms with Crippen LogP contribution in [0.25, 0.3) is 10.2 Å². The van der Waals surface area contributed by atoms with E-state index in [-0.39, 0.29) is 5.76 Å². The van der Waals surface area contributed by atoms with Crippen LogP contribution in [0, 0.1) is 6.92 Å². The highest BCUT2D eigenvalue weighted by Gasteiger charge is 2.16. The maximum absolute atomic E-state index is 12.4. The molecule has 0 saturated heterocycles. The molecule has 134 valence electrons. The molecule has 0 fully saturated rings. The summed E-state index contributed by atoms with van der Waals surface area (Å²) in [6, 6.07) is 3.80. The number of fused-ring (bicyclic) bond motifs is 1. The van der Waals surface area contributed by atoms with Gasteiger partial charge in [-0.15, -0.1) is 0 Å². The summed E-state index contributed by atoms with van der Waals surface area (Å²) in [6.07, 6.45) is 1.31. The molecule has 3 rings (SSSR count). The van der Waals surface area contributed by atoms with E-state index >= 15 is 0 Å². The molecule has 1 amide bonds. The van der Waals surface area contributed by atoms with Crippen LogP contribution in [0.15, 0.2) is 29.1 Å². The summed E-state index contributed by atoms with van der Waals surface area (Å²) >= 11 is 7.71. The number of carbonyl (C=O) groups is 1. The van der Waals surface area contributed by atoms with Gasteiger partial charge in [-0.1, -0.05) is 22.9 Å². The second kappa shape index (κ2) is 8.03. The van der Waals surface area contributed by atoms with Crippen molar-refractivity contribution in [2.75, 3.05) is 26.4 Å². The number of carbonyl (C=O) groups excluding carboxylic acids is 1. The van der Waals surface area contributed by atoms with Crippen molar-refractivity contribution in [3.05, 3.63) is 39.5 Å². The molecule has 0 spiro atoms. The molecule has 6 nitrogen and oxygen atoms in total. The average molecular weight is 383 g/mol. The van der Waals surface area contributed by atoms with E-state index in [9.17, 15) is 4.79 Å². The predicted molar refractivity (Wildman–Crippen MR) is 96.6 cm³/mol. The molecule has 2 aromatic rings. The first-order valence-corrected chi connectivity index (χ1v) is 9.21. The Hall–Kier alpha value is -1.83. The molecule has 2 heterocycles. The number of thiazole rings is 1. The standard InChI is InChI=1S/C17H19ClN2O4S/c1-3-22-7-6-20-15-11(2)12(18)4-5-14(15)25-17(20)19-16(21)13-10-23-8-9-24-13/h4-5,10H,3,6-9H2,1-2H3. The second-order valence-electron chi connectivity index (χ2n) is 5.37. The van der Waals surface area contributed by atoms with Gasteiger partial charge in [-0.3, -0.25) is 4.79 Å². The fourth-order valence-electron chi connectivity index (χ4n) is 2.53. The SMILES string of the molecule is CCOCCn1c(=NC(=O)C2=COCCO2)sc2ccc(Cl)c(C)c21. The molecule has 0 atom stereocenters. The van der Waals surface area contributed by atoms with E-state index in [1.807, 2.05) is 30.5 Å². The third-order valence-electron chi connectivity index (χ3n) is 3.75. The van der Waals surface area contributed by atoms with Crippen molar-refractivity contribution in [3.63, 3.8) is 0 Å². The monoisotopic (exact) mass is 382 g/mol. The summed E-state index contributed by atoms with van der Waals surface area (Å²) in [7, 11) is 0. The van der Waals surface area contributed by atoms with E-state index in [2.05, 4.69) is 4.99 Å². The number of ether oxygens (including phenoxy) is 3. The lowest BCUT2D eigenvalue weighted by Gasteiger charge is -2.12. The van der Waals surface area contributed by atoms with Gasteiger partial charge < -0.3 is 18.8 Å². The van der Waals surface area contributed by atoms with Crippen molar-refractivity contribution in [3.8, 4) is 0 Å². The molecule has 0 radical (unpaired) electrons. The minimum absolute atomic E-state index is 0.120. The Morgan fingerprint density at radius 3 is 3.00 bits per heavy atom. The number of hydrogen-bond acceptors (Lipinski definition) is 5. The fourth-order valence-corrected chi connectivity index (χ4v) is 3.80. The molecule has 0 aliphatic carbocycles. The van der Waals surface area contributed by atoms with Crippen molar-refractivity contribution >= 4 is 39.1 Å². The molecule has 1 aromatic heterocycles. The number of nitrogens with zero attached hydrogens (tertiary/aromatic N) is 2. The van der Waals surface area contributed by atoms with Gasteiger partial charge in [-0.05, 0) is 31.5 Å². The first kappa shape index (κ1) is 18.0. The first-order valence-electron chi connectivity index (χ1n) is 8.01. The number of aromatic nitrogens is 1. The lowest BCUT2D eigenvalue weighted by atomic mass is 10.2. The van der Waals surface area contributed by atoms with Crippen molar-refractivity contribution in [1.29, 1.82) is 0 Å². The van der Waals surface area contributed by atoms with Crippen LogP contribution in [0.3, 0.4) is 0 Å². The number of aryl methyl sites for hydroxylation is 1. The first-order chi connectivity index (χ1) is 12.1. The molecule has 1 aliphatic heterocycles. The highest BCUT2D eigenvalue weighted by Crippen LogP contribution is 2.27. The second-order valence-corrected chi connectivity index (χ2v) is 6.79. The summed E-state index contributed by atoms with van der Waals surface area (Å²) in [6.45, 7) is 6.42. The van der Waals surface area contributed by atoms with Crippen LogP contribution in [0.4, 0.5) is 0 Å². The van der Waals surface area contributed by atoms with E-state index in [1.54, 1.807) is 0 Å². The van der Waals surface area contributed by atoms with Gasteiger partial charge in [0.05, 0.1) is 16.8 Å². The zero-order valence-corrected chi connectivity index (χ0v) is 15.7. The Morgan fingerprint density at radius 2 is 2.28 bits per heavy atom. The number of hydrogen-bond donors (Lipinski definition) is 0. The summed E-state index contributed by atoms with van der Waals surface area (Å²) < 4.78 is 18.9. The van der Waals surface area contributed by atoms with Crippen LogP contribution in [-0.4, -0.2) is 36.9 Å². The maximum Gasteiger partial charge on any atom is 0.317 e. The Kier molecular flexibility index (Phi) is 5.78. The van der Waals surface area contributed by atoms with Gasteiger partial charge >= 0.3 is 5.91 Å². The van der Waals surface area contributed by atoms with E-state index in [1.165, 1.54) is 17.6 Å². The Balaban J connectivity index is 2.08. The summed E-state index contributed by atoms with van der Waals surface area (Å²) in [5, 5.41) is 0.681. The molecule has 0 saturated carbocycles. The third kappa shape index (κ3) is 3.89. The Morgan fingerprint density at radius 1 is 1.44 bits per heavy atom.